The first-order valence-corrected chi connectivity index (χ1v) is 9.03. The summed E-state index contributed by atoms with van der Waals surface area (Å²) in [5.74, 6) is 2.45. The van der Waals surface area contributed by atoms with Crippen molar-refractivity contribution in [3.8, 4) is 11.5 Å². The van der Waals surface area contributed by atoms with E-state index in [1.165, 1.54) is 0 Å². The Labute approximate surface area is 163 Å². The lowest BCUT2D eigenvalue weighted by Gasteiger charge is -2.12. The van der Waals surface area contributed by atoms with Gasteiger partial charge in [0.2, 0.25) is 0 Å². The zero-order chi connectivity index (χ0) is 19.5. The molecule has 0 unspecified atom stereocenters. The fourth-order valence-corrected chi connectivity index (χ4v) is 2.99. The number of anilines is 2. The summed E-state index contributed by atoms with van der Waals surface area (Å²) in [6.07, 6.45) is 3.57. The van der Waals surface area contributed by atoms with Gasteiger partial charge in [-0.15, -0.1) is 0 Å². The second kappa shape index (κ2) is 7.60. The molecule has 0 aliphatic carbocycles. The quantitative estimate of drug-likeness (QED) is 0.534. The third kappa shape index (κ3) is 3.76. The number of imidazole rings is 1. The van der Waals surface area contributed by atoms with Gasteiger partial charge in [0, 0.05) is 18.8 Å². The van der Waals surface area contributed by atoms with Crippen LogP contribution in [0, 0.1) is 6.92 Å². The van der Waals surface area contributed by atoms with Gasteiger partial charge in [0.05, 0.1) is 25.2 Å². The van der Waals surface area contributed by atoms with Gasteiger partial charge in [-0.1, -0.05) is 12.1 Å². The second-order valence-corrected chi connectivity index (χ2v) is 6.65. The molecule has 4 aromatic rings. The van der Waals surface area contributed by atoms with Crippen molar-refractivity contribution in [1.82, 2.24) is 14.5 Å². The monoisotopic (exact) mass is 374 g/mol. The van der Waals surface area contributed by atoms with Crippen molar-refractivity contribution >= 4 is 22.5 Å². The molecular formula is C22H22N4O2. The number of ether oxygens (including phenoxy) is 2. The molecule has 6 nitrogen and oxygen atoms in total. The lowest BCUT2D eigenvalue weighted by molar-refractivity contribution is 0.306. The maximum Gasteiger partial charge on any atom is 0.132 e. The summed E-state index contributed by atoms with van der Waals surface area (Å²) in [6, 6.07) is 15.9. The SMILES string of the molecule is COc1ccc(COc2ccc(Nc3cc4c(cn3)ncn4C)c(C)c2)cc1. The Bertz CT molecular complexity index is 1100. The molecule has 0 aliphatic rings. The molecule has 0 radical (unpaired) electrons. The summed E-state index contributed by atoms with van der Waals surface area (Å²) in [4.78, 5) is 8.74. The van der Waals surface area contributed by atoms with E-state index in [0.717, 1.165) is 45.2 Å². The summed E-state index contributed by atoms with van der Waals surface area (Å²) in [5.41, 5.74) is 5.08. The summed E-state index contributed by atoms with van der Waals surface area (Å²) in [7, 11) is 3.63. The summed E-state index contributed by atoms with van der Waals surface area (Å²) in [5, 5.41) is 3.37. The zero-order valence-corrected chi connectivity index (χ0v) is 16.1. The van der Waals surface area contributed by atoms with Crippen LogP contribution in [0.4, 0.5) is 11.5 Å². The third-order valence-corrected chi connectivity index (χ3v) is 4.64. The molecule has 0 aliphatic heterocycles. The Morgan fingerprint density at radius 3 is 2.54 bits per heavy atom. The average Bonchev–Trinajstić information content (AvgIpc) is 3.09. The number of hydrogen-bond donors (Lipinski definition) is 1. The number of hydrogen-bond acceptors (Lipinski definition) is 5. The van der Waals surface area contributed by atoms with Crippen LogP contribution in [0.2, 0.25) is 0 Å². The van der Waals surface area contributed by atoms with E-state index >= 15 is 0 Å². The smallest absolute Gasteiger partial charge is 0.132 e. The molecule has 0 bridgehead atoms. The maximum atomic E-state index is 5.92. The molecule has 0 saturated heterocycles. The van der Waals surface area contributed by atoms with Crippen molar-refractivity contribution in [2.45, 2.75) is 13.5 Å². The van der Waals surface area contributed by atoms with Gasteiger partial charge in [-0.05, 0) is 48.4 Å². The number of aryl methyl sites for hydroxylation is 2. The van der Waals surface area contributed by atoms with Gasteiger partial charge in [-0.25, -0.2) is 9.97 Å². The van der Waals surface area contributed by atoms with Crippen molar-refractivity contribution in [2.75, 3.05) is 12.4 Å². The normalized spacial score (nSPS) is 10.8. The van der Waals surface area contributed by atoms with Crippen LogP contribution in [0.1, 0.15) is 11.1 Å². The number of pyridine rings is 1. The first kappa shape index (κ1) is 17.9. The highest BCUT2D eigenvalue weighted by molar-refractivity contribution is 5.78. The van der Waals surface area contributed by atoms with Crippen molar-refractivity contribution in [2.24, 2.45) is 7.05 Å². The number of aromatic nitrogens is 3. The molecule has 6 heteroatoms. The Hall–Kier alpha value is -3.54. The predicted molar refractivity (Wildman–Crippen MR) is 110 cm³/mol. The minimum Gasteiger partial charge on any atom is -0.497 e. The van der Waals surface area contributed by atoms with E-state index in [0.29, 0.717) is 6.61 Å². The van der Waals surface area contributed by atoms with Crippen LogP contribution in [-0.4, -0.2) is 21.6 Å². The van der Waals surface area contributed by atoms with Crippen molar-refractivity contribution in [3.05, 3.63) is 72.2 Å². The van der Waals surface area contributed by atoms with Crippen LogP contribution in [0.15, 0.2) is 61.1 Å². The fourth-order valence-electron chi connectivity index (χ4n) is 2.99. The number of methoxy groups -OCH3 is 1. The Kier molecular flexibility index (Phi) is 4.85. The molecule has 0 saturated carbocycles. The van der Waals surface area contributed by atoms with Gasteiger partial charge in [0.1, 0.15) is 29.4 Å². The van der Waals surface area contributed by atoms with Gasteiger partial charge < -0.3 is 19.4 Å². The standard InChI is InChI=1S/C22H22N4O2/c1-15-10-18(28-13-16-4-6-17(27-3)7-5-16)8-9-19(15)25-22-11-21-20(12-23-22)24-14-26(21)2/h4-12,14H,13H2,1-3H3,(H,23,25). The van der Waals surface area contributed by atoms with E-state index in [1.807, 2.05) is 67.1 Å². The molecular weight excluding hydrogens is 352 g/mol. The van der Waals surface area contributed by atoms with Gasteiger partial charge in [0.25, 0.3) is 0 Å². The van der Waals surface area contributed by atoms with Crippen LogP contribution >= 0.6 is 0 Å². The van der Waals surface area contributed by atoms with E-state index in [4.69, 9.17) is 9.47 Å². The fraction of sp³-hybridized carbons (Fsp3) is 0.182. The Balaban J connectivity index is 1.45. The number of nitrogens with zero attached hydrogens (tertiary/aromatic N) is 3. The van der Waals surface area contributed by atoms with Crippen LogP contribution in [0.3, 0.4) is 0 Å². The van der Waals surface area contributed by atoms with Crippen molar-refractivity contribution < 1.29 is 9.47 Å². The van der Waals surface area contributed by atoms with Crippen molar-refractivity contribution in [3.63, 3.8) is 0 Å². The molecule has 2 aromatic heterocycles. The number of nitrogens with one attached hydrogen (secondary N) is 1. The number of fused-ring (bicyclic) bond motifs is 1. The van der Waals surface area contributed by atoms with Crippen LogP contribution in [0.5, 0.6) is 11.5 Å². The molecule has 1 N–H and O–H groups in total. The molecule has 28 heavy (non-hydrogen) atoms. The summed E-state index contributed by atoms with van der Waals surface area (Å²) in [6.45, 7) is 2.56. The Morgan fingerprint density at radius 1 is 1.00 bits per heavy atom. The van der Waals surface area contributed by atoms with E-state index in [2.05, 4.69) is 15.3 Å². The molecule has 2 aromatic carbocycles. The topological polar surface area (TPSA) is 61.2 Å². The van der Waals surface area contributed by atoms with E-state index in [1.54, 1.807) is 19.6 Å². The first-order chi connectivity index (χ1) is 13.6. The summed E-state index contributed by atoms with van der Waals surface area (Å²) < 4.78 is 13.1. The highest BCUT2D eigenvalue weighted by Gasteiger charge is 2.06. The molecule has 2 heterocycles. The van der Waals surface area contributed by atoms with Crippen LogP contribution < -0.4 is 14.8 Å². The lowest BCUT2D eigenvalue weighted by Crippen LogP contribution is -1.99. The van der Waals surface area contributed by atoms with E-state index in [9.17, 15) is 0 Å². The van der Waals surface area contributed by atoms with Gasteiger partial charge in [0.15, 0.2) is 0 Å². The predicted octanol–water partition coefficient (Wildman–Crippen LogP) is 4.61. The minimum atomic E-state index is 0.509. The molecule has 0 fully saturated rings. The van der Waals surface area contributed by atoms with E-state index in [-0.39, 0.29) is 0 Å². The molecule has 0 spiro atoms. The maximum absolute atomic E-state index is 5.92. The molecule has 0 amide bonds. The van der Waals surface area contributed by atoms with Crippen molar-refractivity contribution in [1.29, 1.82) is 0 Å². The number of benzene rings is 2. The lowest BCUT2D eigenvalue weighted by atomic mass is 10.2. The first-order valence-electron chi connectivity index (χ1n) is 9.03. The molecule has 0 atom stereocenters. The number of rotatable bonds is 6. The Morgan fingerprint density at radius 2 is 1.79 bits per heavy atom. The van der Waals surface area contributed by atoms with Gasteiger partial charge >= 0.3 is 0 Å². The van der Waals surface area contributed by atoms with Crippen LogP contribution in [-0.2, 0) is 13.7 Å². The summed E-state index contributed by atoms with van der Waals surface area (Å²) >= 11 is 0. The molecule has 4 rings (SSSR count). The van der Waals surface area contributed by atoms with Gasteiger partial charge in [-0.2, -0.15) is 0 Å². The minimum absolute atomic E-state index is 0.509. The largest absolute Gasteiger partial charge is 0.497 e. The van der Waals surface area contributed by atoms with Crippen LogP contribution in [0.25, 0.3) is 11.0 Å². The van der Waals surface area contributed by atoms with E-state index < -0.39 is 0 Å². The highest BCUT2D eigenvalue weighted by Crippen LogP contribution is 2.26. The highest BCUT2D eigenvalue weighted by atomic mass is 16.5. The average molecular weight is 374 g/mol. The second-order valence-electron chi connectivity index (χ2n) is 6.65. The third-order valence-electron chi connectivity index (χ3n) is 4.64. The molecule has 142 valence electrons. The van der Waals surface area contributed by atoms with Gasteiger partial charge in [-0.3, -0.25) is 0 Å². The zero-order valence-electron chi connectivity index (χ0n) is 16.1.